The number of hydrogen-bond acceptors (Lipinski definition) is 3. The van der Waals surface area contributed by atoms with Crippen molar-refractivity contribution in [2.75, 3.05) is 25.5 Å². The average molecular weight is 477 g/mol. The largest absolute Gasteiger partial charge is 0.435 e. The van der Waals surface area contributed by atoms with E-state index in [4.69, 9.17) is 11.6 Å². The third-order valence-electron chi connectivity index (χ3n) is 5.57. The van der Waals surface area contributed by atoms with Gasteiger partial charge in [0.1, 0.15) is 5.82 Å². The molecule has 0 atom stereocenters. The SMILES string of the molecule is CN(C)c1c(CN(CC2CC2)C(=O)c2ccccc2Cl)c(C(F)(F)F)nn1-c1ccccc1. The number of para-hydroxylation sites is 1. The zero-order valence-electron chi connectivity index (χ0n) is 18.3. The summed E-state index contributed by atoms with van der Waals surface area (Å²) in [6.45, 7) is 0.139. The predicted molar refractivity (Wildman–Crippen MR) is 122 cm³/mol. The lowest BCUT2D eigenvalue weighted by atomic mass is 10.1. The Morgan fingerprint density at radius 3 is 2.30 bits per heavy atom. The molecule has 0 saturated heterocycles. The number of hydrogen-bond donors (Lipinski definition) is 0. The molecule has 0 bridgehead atoms. The van der Waals surface area contributed by atoms with Crippen molar-refractivity contribution in [2.24, 2.45) is 5.92 Å². The van der Waals surface area contributed by atoms with Crippen molar-refractivity contribution in [3.63, 3.8) is 0 Å². The van der Waals surface area contributed by atoms with Gasteiger partial charge in [0.2, 0.25) is 0 Å². The van der Waals surface area contributed by atoms with Gasteiger partial charge >= 0.3 is 6.18 Å². The van der Waals surface area contributed by atoms with Gasteiger partial charge in [-0.25, -0.2) is 4.68 Å². The Morgan fingerprint density at radius 2 is 1.73 bits per heavy atom. The van der Waals surface area contributed by atoms with Gasteiger partial charge in [-0.05, 0) is 43.0 Å². The molecule has 1 saturated carbocycles. The van der Waals surface area contributed by atoms with E-state index >= 15 is 0 Å². The van der Waals surface area contributed by atoms with Crippen molar-refractivity contribution in [3.05, 3.63) is 76.4 Å². The fourth-order valence-corrected chi connectivity index (χ4v) is 4.07. The summed E-state index contributed by atoms with van der Waals surface area (Å²) in [7, 11) is 3.34. The van der Waals surface area contributed by atoms with Crippen molar-refractivity contribution in [3.8, 4) is 5.69 Å². The van der Waals surface area contributed by atoms with Crippen LogP contribution < -0.4 is 4.90 Å². The molecule has 4 rings (SSSR count). The van der Waals surface area contributed by atoms with Gasteiger partial charge in [-0.1, -0.05) is 41.9 Å². The molecule has 1 aliphatic rings. The van der Waals surface area contributed by atoms with E-state index in [2.05, 4.69) is 5.10 Å². The van der Waals surface area contributed by atoms with Gasteiger partial charge in [0.15, 0.2) is 5.69 Å². The highest BCUT2D eigenvalue weighted by Crippen LogP contribution is 2.39. The quantitative estimate of drug-likeness (QED) is 0.441. The molecular formula is C24H24ClF3N4O. The third-order valence-corrected chi connectivity index (χ3v) is 5.89. The van der Waals surface area contributed by atoms with Crippen molar-refractivity contribution >= 4 is 23.3 Å². The van der Waals surface area contributed by atoms with E-state index in [0.29, 0.717) is 12.2 Å². The lowest BCUT2D eigenvalue weighted by molar-refractivity contribution is -0.142. The van der Waals surface area contributed by atoms with Crippen LogP contribution in [0.3, 0.4) is 0 Å². The maximum absolute atomic E-state index is 14.1. The number of carbonyl (C=O) groups is 1. The first-order valence-corrected chi connectivity index (χ1v) is 11.0. The minimum atomic E-state index is -4.68. The van der Waals surface area contributed by atoms with E-state index in [1.54, 1.807) is 73.6 Å². The van der Waals surface area contributed by atoms with E-state index < -0.39 is 17.8 Å². The van der Waals surface area contributed by atoms with Crippen LogP contribution in [0.1, 0.15) is 34.5 Å². The van der Waals surface area contributed by atoms with Crippen molar-refractivity contribution < 1.29 is 18.0 Å². The molecule has 0 aliphatic heterocycles. The van der Waals surface area contributed by atoms with Crippen LogP contribution in [0.15, 0.2) is 54.6 Å². The van der Waals surface area contributed by atoms with Gasteiger partial charge < -0.3 is 9.80 Å². The Morgan fingerprint density at radius 1 is 1.09 bits per heavy atom. The van der Waals surface area contributed by atoms with Gasteiger partial charge in [0.25, 0.3) is 5.91 Å². The van der Waals surface area contributed by atoms with Gasteiger partial charge in [-0.3, -0.25) is 4.79 Å². The number of halogens is 4. The molecule has 0 unspecified atom stereocenters. The standard InChI is InChI=1S/C24H24ClF3N4O/c1-30(2)22-19(21(24(26,27)28)29-32(22)17-8-4-3-5-9-17)15-31(14-16-12-13-16)23(33)18-10-6-7-11-20(18)25/h3-11,16H,12-15H2,1-2H3. The summed E-state index contributed by atoms with van der Waals surface area (Å²) < 4.78 is 43.6. The Bertz CT molecular complexity index is 1140. The number of rotatable bonds is 7. The molecule has 5 nitrogen and oxygen atoms in total. The molecule has 33 heavy (non-hydrogen) atoms. The van der Waals surface area contributed by atoms with E-state index in [-0.39, 0.29) is 34.4 Å². The average Bonchev–Trinajstić information content (AvgIpc) is 3.50. The smallest absolute Gasteiger partial charge is 0.362 e. The molecule has 2 aromatic carbocycles. The van der Waals surface area contributed by atoms with Gasteiger partial charge in [0.05, 0.1) is 22.8 Å². The molecule has 9 heteroatoms. The molecule has 0 radical (unpaired) electrons. The Kier molecular flexibility index (Phi) is 6.38. The van der Waals surface area contributed by atoms with Gasteiger partial charge in [-0.2, -0.15) is 18.3 Å². The van der Waals surface area contributed by atoms with Crippen LogP contribution in [0.2, 0.25) is 5.02 Å². The zero-order valence-corrected chi connectivity index (χ0v) is 19.1. The summed E-state index contributed by atoms with van der Waals surface area (Å²) in [4.78, 5) is 16.4. The first-order chi connectivity index (χ1) is 15.7. The maximum atomic E-state index is 14.1. The van der Waals surface area contributed by atoms with Crippen molar-refractivity contribution in [1.82, 2.24) is 14.7 Å². The summed E-state index contributed by atoms with van der Waals surface area (Å²) in [5, 5.41) is 4.23. The fourth-order valence-electron chi connectivity index (χ4n) is 3.85. The molecule has 1 aromatic heterocycles. The number of alkyl halides is 3. The topological polar surface area (TPSA) is 41.4 Å². The van der Waals surface area contributed by atoms with E-state index in [0.717, 1.165) is 12.8 Å². The number of amides is 1. The van der Waals surface area contributed by atoms with Crippen LogP contribution in [0.4, 0.5) is 19.0 Å². The Hall–Kier alpha value is -3.00. The van der Waals surface area contributed by atoms with Gasteiger partial charge in [-0.15, -0.1) is 0 Å². The number of anilines is 1. The summed E-state index contributed by atoms with van der Waals surface area (Å²) in [6.07, 6.45) is -2.79. The van der Waals surface area contributed by atoms with Crippen LogP contribution >= 0.6 is 11.6 Å². The second-order valence-corrected chi connectivity index (χ2v) is 8.81. The molecule has 174 valence electrons. The summed E-state index contributed by atoms with van der Waals surface area (Å²) >= 11 is 6.24. The van der Waals surface area contributed by atoms with E-state index in [1.807, 2.05) is 0 Å². The second-order valence-electron chi connectivity index (χ2n) is 8.40. The molecule has 3 aromatic rings. The summed E-state index contributed by atoms with van der Waals surface area (Å²) in [6, 6.07) is 15.2. The number of benzene rings is 2. The van der Waals surface area contributed by atoms with Crippen molar-refractivity contribution in [2.45, 2.75) is 25.6 Å². The highest BCUT2D eigenvalue weighted by molar-refractivity contribution is 6.33. The first-order valence-electron chi connectivity index (χ1n) is 10.6. The highest BCUT2D eigenvalue weighted by Gasteiger charge is 2.41. The Balaban J connectivity index is 1.82. The molecule has 1 fully saturated rings. The Labute approximate surface area is 195 Å². The maximum Gasteiger partial charge on any atom is 0.435 e. The zero-order chi connectivity index (χ0) is 23.8. The summed E-state index contributed by atoms with van der Waals surface area (Å²) in [5.41, 5.74) is -0.264. The van der Waals surface area contributed by atoms with Crippen molar-refractivity contribution in [1.29, 1.82) is 0 Å². The van der Waals surface area contributed by atoms with E-state index in [9.17, 15) is 18.0 Å². The van der Waals surface area contributed by atoms with Crippen LogP contribution in [-0.4, -0.2) is 41.2 Å². The van der Waals surface area contributed by atoms with Crippen LogP contribution in [-0.2, 0) is 12.7 Å². The molecule has 1 amide bonds. The molecule has 0 spiro atoms. The normalized spacial score (nSPS) is 13.8. The minimum Gasteiger partial charge on any atom is -0.362 e. The molecule has 1 heterocycles. The third kappa shape index (κ3) is 5.00. The lowest BCUT2D eigenvalue weighted by Gasteiger charge is -2.25. The lowest BCUT2D eigenvalue weighted by Crippen LogP contribution is -2.34. The number of carbonyl (C=O) groups excluding carboxylic acids is 1. The van der Waals surface area contributed by atoms with Crippen LogP contribution in [0.25, 0.3) is 5.69 Å². The summed E-state index contributed by atoms with van der Waals surface area (Å²) in [5.74, 6) is 0.164. The number of nitrogens with zero attached hydrogens (tertiary/aromatic N) is 4. The minimum absolute atomic E-state index is 0.0441. The monoisotopic (exact) mass is 476 g/mol. The molecular weight excluding hydrogens is 453 g/mol. The van der Waals surface area contributed by atoms with Crippen LogP contribution in [0, 0.1) is 5.92 Å². The number of aromatic nitrogens is 2. The van der Waals surface area contributed by atoms with E-state index in [1.165, 1.54) is 9.58 Å². The van der Waals surface area contributed by atoms with Gasteiger partial charge in [0, 0.05) is 26.2 Å². The molecule has 0 N–H and O–H groups in total. The highest BCUT2D eigenvalue weighted by atomic mass is 35.5. The predicted octanol–water partition coefficient (Wildman–Crippen LogP) is 5.66. The second kappa shape index (κ2) is 9.09. The fraction of sp³-hybridized carbons (Fsp3) is 0.333. The molecule has 1 aliphatic carbocycles. The first kappa shape index (κ1) is 23.2. The van der Waals surface area contributed by atoms with Crippen LogP contribution in [0.5, 0.6) is 0 Å².